The van der Waals surface area contributed by atoms with Gasteiger partial charge in [0.1, 0.15) is 11.6 Å². The number of nitrogen functional groups attached to an aromatic ring is 1. The molecule has 1 heterocycles. The van der Waals surface area contributed by atoms with Gasteiger partial charge in [-0.05, 0) is 49.1 Å². The first-order chi connectivity index (χ1) is 13.4. The van der Waals surface area contributed by atoms with E-state index in [0.29, 0.717) is 23.0 Å². The zero-order chi connectivity index (χ0) is 20.5. The molecule has 28 heavy (non-hydrogen) atoms. The number of phenols is 1. The summed E-state index contributed by atoms with van der Waals surface area (Å²) in [6.45, 7) is 3.09. The zero-order valence-electron chi connectivity index (χ0n) is 16.2. The number of anilines is 1. The first-order valence-corrected chi connectivity index (χ1v) is 9.58. The van der Waals surface area contributed by atoms with Crippen molar-refractivity contribution in [3.8, 4) is 5.75 Å². The topological polar surface area (TPSA) is 131 Å². The van der Waals surface area contributed by atoms with Crippen molar-refractivity contribution >= 4 is 23.5 Å². The highest BCUT2D eigenvalue weighted by atomic mass is 16.3. The maximum atomic E-state index is 9.91. The summed E-state index contributed by atoms with van der Waals surface area (Å²) in [5.74, 6) is 0.903. The number of rotatable bonds is 4. The van der Waals surface area contributed by atoms with Crippen LogP contribution in [0.25, 0.3) is 11.8 Å². The molecule has 3 rings (SSSR count). The van der Waals surface area contributed by atoms with Crippen molar-refractivity contribution in [2.24, 2.45) is 11.5 Å². The van der Waals surface area contributed by atoms with E-state index in [1.165, 1.54) is 44.2 Å². The van der Waals surface area contributed by atoms with Gasteiger partial charge >= 0.3 is 0 Å². The smallest absolute Gasteiger partial charge is 0.240 e. The number of hydrogen-bond donors (Lipinski definition) is 5. The van der Waals surface area contributed by atoms with Gasteiger partial charge in [0.2, 0.25) is 5.91 Å². The summed E-state index contributed by atoms with van der Waals surface area (Å²) in [5, 5.41) is 9.91. The quantitative estimate of drug-likeness (QED) is 0.406. The second-order valence-electron chi connectivity index (χ2n) is 7.01. The Balaban J connectivity index is 0.000000500. The largest absolute Gasteiger partial charge is 0.507 e. The second kappa shape index (κ2) is 10.3. The lowest BCUT2D eigenvalue weighted by Gasteiger charge is -2.11. The number of primary amides is 1. The van der Waals surface area contributed by atoms with Crippen LogP contribution in [0.1, 0.15) is 61.3 Å². The van der Waals surface area contributed by atoms with Gasteiger partial charge < -0.3 is 27.3 Å². The summed E-state index contributed by atoms with van der Waals surface area (Å²) < 4.78 is 0. The zero-order valence-corrected chi connectivity index (χ0v) is 16.2. The Hall–Kier alpha value is -3.15. The van der Waals surface area contributed by atoms with Crippen LogP contribution in [0.2, 0.25) is 0 Å². The molecule has 1 amide bonds. The van der Waals surface area contributed by atoms with Crippen LogP contribution in [0, 0.1) is 0 Å². The summed E-state index contributed by atoms with van der Waals surface area (Å²) in [7, 11) is 0. The summed E-state index contributed by atoms with van der Waals surface area (Å²) in [5.41, 5.74) is 20.1. The number of nitrogens with one attached hydrogen (secondary N) is 1. The third-order valence-electron chi connectivity index (χ3n) is 4.92. The molecule has 0 bridgehead atoms. The van der Waals surface area contributed by atoms with Gasteiger partial charge in [-0.15, -0.1) is 0 Å². The number of nitrogens with two attached hydrogens (primary N) is 3. The van der Waals surface area contributed by atoms with Crippen molar-refractivity contribution in [3.05, 3.63) is 59.8 Å². The van der Waals surface area contributed by atoms with Gasteiger partial charge in [0.25, 0.3) is 0 Å². The maximum absolute atomic E-state index is 9.91. The van der Waals surface area contributed by atoms with Crippen LogP contribution in [-0.4, -0.2) is 16.0 Å². The van der Waals surface area contributed by atoms with Crippen LogP contribution in [0.5, 0.6) is 5.75 Å². The highest BCUT2D eigenvalue weighted by Crippen LogP contribution is 2.33. The molecular formula is C22H30N4O2. The van der Waals surface area contributed by atoms with Gasteiger partial charge in [-0.1, -0.05) is 44.4 Å². The highest BCUT2D eigenvalue weighted by Gasteiger charge is 2.17. The molecule has 0 saturated heterocycles. The summed E-state index contributed by atoms with van der Waals surface area (Å²) in [6, 6.07) is 9.18. The molecule has 1 fully saturated rings. The van der Waals surface area contributed by atoms with Crippen molar-refractivity contribution in [3.63, 3.8) is 0 Å². The van der Waals surface area contributed by atoms with E-state index in [4.69, 9.17) is 11.5 Å². The molecule has 1 saturated carbocycles. The number of carbonyl (C=O) groups excluding carboxylic acids is 1. The van der Waals surface area contributed by atoms with E-state index in [9.17, 15) is 9.90 Å². The number of aromatic hydroxyl groups is 1. The molecule has 6 nitrogen and oxygen atoms in total. The molecule has 6 heteroatoms. The molecule has 0 unspecified atom stereocenters. The molecule has 1 aliphatic rings. The van der Waals surface area contributed by atoms with Gasteiger partial charge in [0.15, 0.2) is 0 Å². The van der Waals surface area contributed by atoms with Crippen molar-refractivity contribution in [1.82, 2.24) is 4.98 Å². The van der Waals surface area contributed by atoms with E-state index in [-0.39, 0.29) is 5.75 Å². The summed E-state index contributed by atoms with van der Waals surface area (Å²) in [4.78, 5) is 12.8. The molecule has 2 aromatic rings. The van der Waals surface area contributed by atoms with Crippen molar-refractivity contribution < 1.29 is 9.90 Å². The minimum atomic E-state index is -0.481. The minimum Gasteiger partial charge on any atom is -0.507 e. The molecule has 0 spiro atoms. The van der Waals surface area contributed by atoms with Crippen molar-refractivity contribution in [2.45, 2.75) is 44.4 Å². The SMILES string of the molecule is C=CC(N)=O.N/C(=C\c1cc(C2CCCCCC2)[nH]c1N)c1ccccc1O. The van der Waals surface area contributed by atoms with E-state index < -0.39 is 5.91 Å². The molecule has 1 aromatic carbocycles. The Morgan fingerprint density at radius 3 is 2.32 bits per heavy atom. The van der Waals surface area contributed by atoms with E-state index >= 15 is 0 Å². The van der Waals surface area contributed by atoms with E-state index in [1.54, 1.807) is 18.2 Å². The van der Waals surface area contributed by atoms with Gasteiger partial charge in [-0.2, -0.15) is 0 Å². The second-order valence-corrected chi connectivity index (χ2v) is 7.01. The minimum absolute atomic E-state index is 0.180. The van der Waals surface area contributed by atoms with Crippen LogP contribution in [0.3, 0.4) is 0 Å². The van der Waals surface area contributed by atoms with Gasteiger partial charge in [0.05, 0.1) is 0 Å². The number of aromatic nitrogens is 1. The molecule has 0 aliphatic heterocycles. The first kappa shape index (κ1) is 21.2. The molecule has 0 atom stereocenters. The average Bonchev–Trinajstić information content (AvgIpc) is 2.88. The molecule has 8 N–H and O–H groups in total. The Bertz CT molecular complexity index is 831. The number of para-hydroxylation sites is 1. The lowest BCUT2D eigenvalue weighted by atomic mass is 9.96. The molecule has 150 valence electrons. The predicted molar refractivity (Wildman–Crippen MR) is 115 cm³/mol. The third-order valence-corrected chi connectivity index (χ3v) is 4.92. The van der Waals surface area contributed by atoms with Crippen LogP contribution < -0.4 is 17.2 Å². The van der Waals surface area contributed by atoms with Gasteiger partial charge in [-0.25, -0.2) is 0 Å². The Morgan fingerprint density at radius 1 is 1.14 bits per heavy atom. The number of benzene rings is 1. The molecule has 0 radical (unpaired) electrons. The van der Waals surface area contributed by atoms with Crippen LogP contribution >= 0.6 is 0 Å². The van der Waals surface area contributed by atoms with Crippen LogP contribution in [0.15, 0.2) is 43.0 Å². The number of aromatic amines is 1. The third kappa shape index (κ3) is 5.94. The monoisotopic (exact) mass is 382 g/mol. The first-order valence-electron chi connectivity index (χ1n) is 9.58. The fourth-order valence-electron chi connectivity index (χ4n) is 3.40. The van der Waals surface area contributed by atoms with Crippen molar-refractivity contribution in [2.75, 3.05) is 5.73 Å². The fraction of sp³-hybridized carbons (Fsp3) is 0.318. The summed E-state index contributed by atoms with van der Waals surface area (Å²) in [6.07, 6.45) is 10.6. The lowest BCUT2D eigenvalue weighted by Crippen LogP contribution is -2.04. The van der Waals surface area contributed by atoms with E-state index in [0.717, 1.165) is 11.6 Å². The molecular weight excluding hydrogens is 352 g/mol. The Labute approximate surface area is 166 Å². The van der Waals surface area contributed by atoms with Crippen molar-refractivity contribution in [1.29, 1.82) is 0 Å². The molecule has 1 aliphatic carbocycles. The maximum Gasteiger partial charge on any atom is 0.240 e. The number of carbonyl (C=O) groups is 1. The highest BCUT2D eigenvalue weighted by molar-refractivity contribution is 5.85. The van der Waals surface area contributed by atoms with Crippen LogP contribution in [0.4, 0.5) is 5.82 Å². The number of amides is 1. The van der Waals surface area contributed by atoms with E-state index in [2.05, 4.69) is 23.4 Å². The Morgan fingerprint density at radius 2 is 1.75 bits per heavy atom. The summed E-state index contributed by atoms with van der Waals surface area (Å²) >= 11 is 0. The van der Waals surface area contributed by atoms with Gasteiger partial charge in [0, 0.05) is 22.5 Å². The lowest BCUT2D eigenvalue weighted by molar-refractivity contribution is -0.113. The standard InChI is InChI=1S/C19H25N3O.C3H5NO/c20-16(15-9-5-6-10-18(15)23)11-14-12-17(22-19(14)21)13-7-3-1-2-4-8-13;1-2-3(4)5/h5-6,9-13,22-23H,1-4,7-8,20-21H2;2H,1H2,(H2,4,5)/b16-11-;. The predicted octanol–water partition coefficient (Wildman–Crippen LogP) is 3.85. The van der Waals surface area contributed by atoms with Gasteiger partial charge in [-0.3, -0.25) is 4.79 Å². The number of phenolic OH excluding ortho intramolecular Hbond substituents is 1. The fourth-order valence-corrected chi connectivity index (χ4v) is 3.40. The normalized spacial score (nSPS) is 15.2. The molecule has 1 aromatic heterocycles. The van der Waals surface area contributed by atoms with E-state index in [1.807, 2.05) is 12.1 Å². The Kier molecular flexibility index (Phi) is 7.75. The average molecular weight is 383 g/mol. The van der Waals surface area contributed by atoms with Crippen LogP contribution in [-0.2, 0) is 4.79 Å². The number of hydrogen-bond acceptors (Lipinski definition) is 4. The number of H-pyrrole nitrogens is 1.